The minimum Gasteiger partial charge on any atom is -0.341 e. The summed E-state index contributed by atoms with van der Waals surface area (Å²) in [5.41, 5.74) is 0.716. The van der Waals surface area contributed by atoms with Gasteiger partial charge in [0.25, 0.3) is 5.91 Å². The third-order valence-electron chi connectivity index (χ3n) is 2.22. The molecule has 1 rings (SSSR count). The molecule has 19 heavy (non-hydrogen) atoms. The highest BCUT2D eigenvalue weighted by atomic mass is 32.2. The number of hydrogen-bond donors (Lipinski definition) is 2. The first-order valence-corrected chi connectivity index (χ1v) is 7.46. The van der Waals surface area contributed by atoms with E-state index in [4.69, 9.17) is 6.42 Å². The molecule has 0 unspecified atom stereocenters. The van der Waals surface area contributed by atoms with Crippen molar-refractivity contribution < 1.29 is 13.2 Å². The third kappa shape index (κ3) is 5.02. The summed E-state index contributed by atoms with van der Waals surface area (Å²) in [4.78, 5) is 11.7. The number of rotatable bonds is 6. The number of hydrogen-bond acceptors (Lipinski definition) is 3. The zero-order valence-corrected chi connectivity index (χ0v) is 11.5. The summed E-state index contributed by atoms with van der Waals surface area (Å²) in [5, 5.41) is 2.51. The normalized spacial score (nSPS) is 10.5. The maximum Gasteiger partial charge on any atom is 0.252 e. The van der Waals surface area contributed by atoms with E-state index in [0.717, 1.165) is 0 Å². The first-order valence-electron chi connectivity index (χ1n) is 5.80. The van der Waals surface area contributed by atoms with E-state index >= 15 is 0 Å². The molecule has 0 fully saturated rings. The summed E-state index contributed by atoms with van der Waals surface area (Å²) in [6.07, 6.45) is 5.57. The number of sulfonamides is 1. The monoisotopic (exact) mass is 280 g/mol. The maximum absolute atomic E-state index is 11.7. The standard InChI is InChI=1S/C13H16N2O3S/c1-3-8-14-13(16)11-6-5-7-12(10-11)15-19(17,18)9-4-2/h1,5-7,10,15H,4,8-9H2,2H3,(H,14,16). The van der Waals surface area contributed by atoms with Gasteiger partial charge in [-0.25, -0.2) is 8.42 Å². The maximum atomic E-state index is 11.7. The second-order valence-corrected chi connectivity index (χ2v) is 5.73. The quantitative estimate of drug-likeness (QED) is 0.769. The van der Waals surface area contributed by atoms with Crippen molar-refractivity contribution in [3.8, 4) is 12.3 Å². The van der Waals surface area contributed by atoms with E-state index in [9.17, 15) is 13.2 Å². The highest BCUT2D eigenvalue weighted by Crippen LogP contribution is 2.12. The molecule has 0 heterocycles. The van der Waals surface area contributed by atoms with Crippen LogP contribution in [0.4, 0.5) is 5.69 Å². The summed E-state index contributed by atoms with van der Waals surface area (Å²) < 4.78 is 25.7. The third-order valence-corrected chi connectivity index (χ3v) is 3.71. The first-order chi connectivity index (χ1) is 8.98. The molecule has 1 aromatic carbocycles. The van der Waals surface area contributed by atoms with Gasteiger partial charge in [0, 0.05) is 11.3 Å². The van der Waals surface area contributed by atoms with Crippen LogP contribution in [0.15, 0.2) is 24.3 Å². The molecule has 1 amide bonds. The predicted molar refractivity (Wildman–Crippen MR) is 75.3 cm³/mol. The second kappa shape index (κ2) is 6.81. The van der Waals surface area contributed by atoms with E-state index in [0.29, 0.717) is 17.7 Å². The van der Waals surface area contributed by atoms with E-state index in [1.807, 2.05) is 0 Å². The Kier molecular flexibility index (Phi) is 5.39. The topological polar surface area (TPSA) is 75.3 Å². The number of amides is 1. The number of anilines is 1. The van der Waals surface area contributed by atoms with Gasteiger partial charge < -0.3 is 5.32 Å². The van der Waals surface area contributed by atoms with Crippen molar-refractivity contribution >= 4 is 21.6 Å². The van der Waals surface area contributed by atoms with Crippen LogP contribution in [0.5, 0.6) is 0 Å². The van der Waals surface area contributed by atoms with Crippen molar-refractivity contribution in [3.05, 3.63) is 29.8 Å². The van der Waals surface area contributed by atoms with Crippen molar-refractivity contribution in [3.63, 3.8) is 0 Å². The number of benzene rings is 1. The Balaban J connectivity index is 2.83. The van der Waals surface area contributed by atoms with Gasteiger partial charge in [-0.05, 0) is 24.6 Å². The second-order valence-electron chi connectivity index (χ2n) is 3.89. The zero-order valence-electron chi connectivity index (χ0n) is 10.6. The summed E-state index contributed by atoms with van der Waals surface area (Å²) in [7, 11) is -3.36. The Morgan fingerprint density at radius 1 is 1.42 bits per heavy atom. The van der Waals surface area contributed by atoms with Gasteiger partial charge in [0.2, 0.25) is 10.0 Å². The predicted octanol–water partition coefficient (Wildman–Crippen LogP) is 1.20. The lowest BCUT2D eigenvalue weighted by Crippen LogP contribution is -2.23. The number of nitrogens with one attached hydrogen (secondary N) is 2. The molecule has 0 aliphatic carbocycles. The molecule has 0 bridgehead atoms. The molecular weight excluding hydrogens is 264 g/mol. The van der Waals surface area contributed by atoms with Gasteiger partial charge in [-0.15, -0.1) is 6.42 Å². The molecule has 0 atom stereocenters. The average molecular weight is 280 g/mol. The van der Waals surface area contributed by atoms with E-state index in [-0.39, 0.29) is 18.2 Å². The SMILES string of the molecule is C#CCNC(=O)c1cccc(NS(=O)(=O)CCC)c1. The smallest absolute Gasteiger partial charge is 0.252 e. The largest absolute Gasteiger partial charge is 0.341 e. The molecule has 0 aliphatic rings. The highest BCUT2D eigenvalue weighted by molar-refractivity contribution is 7.92. The van der Waals surface area contributed by atoms with E-state index < -0.39 is 10.0 Å². The fourth-order valence-electron chi connectivity index (χ4n) is 1.46. The van der Waals surface area contributed by atoms with Crippen LogP contribution in [0.25, 0.3) is 0 Å². The Labute approximate surface area is 113 Å². The zero-order chi connectivity index (χ0) is 14.3. The Morgan fingerprint density at radius 2 is 2.16 bits per heavy atom. The number of terminal acetylenes is 1. The molecule has 0 radical (unpaired) electrons. The Morgan fingerprint density at radius 3 is 2.79 bits per heavy atom. The van der Waals surface area contributed by atoms with E-state index in [1.54, 1.807) is 25.1 Å². The van der Waals surface area contributed by atoms with Crippen molar-refractivity contribution in [2.24, 2.45) is 0 Å². The lowest BCUT2D eigenvalue weighted by atomic mass is 10.2. The van der Waals surface area contributed by atoms with Crippen LogP contribution in [-0.2, 0) is 10.0 Å². The summed E-state index contributed by atoms with van der Waals surface area (Å²) >= 11 is 0. The highest BCUT2D eigenvalue weighted by Gasteiger charge is 2.10. The van der Waals surface area contributed by atoms with E-state index in [2.05, 4.69) is 16.0 Å². The average Bonchev–Trinajstić information content (AvgIpc) is 2.35. The molecule has 0 saturated heterocycles. The minimum atomic E-state index is -3.36. The molecule has 0 aliphatic heterocycles. The van der Waals surface area contributed by atoms with Crippen molar-refractivity contribution in [2.75, 3.05) is 17.0 Å². The van der Waals surface area contributed by atoms with Gasteiger partial charge in [-0.2, -0.15) is 0 Å². The van der Waals surface area contributed by atoms with Gasteiger partial charge >= 0.3 is 0 Å². The van der Waals surface area contributed by atoms with E-state index in [1.165, 1.54) is 6.07 Å². The van der Waals surface area contributed by atoms with Crippen LogP contribution >= 0.6 is 0 Å². The molecule has 6 heteroatoms. The van der Waals surface area contributed by atoms with Crippen LogP contribution < -0.4 is 10.0 Å². The lowest BCUT2D eigenvalue weighted by molar-refractivity contribution is 0.0958. The molecule has 0 saturated carbocycles. The minimum absolute atomic E-state index is 0.0422. The molecule has 1 aromatic rings. The van der Waals surface area contributed by atoms with Crippen LogP contribution in [0.2, 0.25) is 0 Å². The number of carbonyl (C=O) groups is 1. The molecule has 0 aromatic heterocycles. The lowest BCUT2D eigenvalue weighted by Gasteiger charge is -2.08. The van der Waals surface area contributed by atoms with Crippen molar-refractivity contribution in [1.29, 1.82) is 0 Å². The van der Waals surface area contributed by atoms with Crippen LogP contribution in [0.3, 0.4) is 0 Å². The summed E-state index contributed by atoms with van der Waals surface area (Å²) in [6.45, 7) is 1.91. The van der Waals surface area contributed by atoms with Crippen molar-refractivity contribution in [1.82, 2.24) is 5.32 Å². The van der Waals surface area contributed by atoms with Gasteiger partial charge in [0.15, 0.2) is 0 Å². The number of carbonyl (C=O) groups excluding carboxylic acids is 1. The van der Waals surface area contributed by atoms with Gasteiger partial charge in [0.05, 0.1) is 12.3 Å². The first kappa shape index (κ1) is 15.1. The molecule has 0 spiro atoms. The van der Waals surface area contributed by atoms with Gasteiger partial charge in [0.1, 0.15) is 0 Å². The van der Waals surface area contributed by atoms with Crippen LogP contribution in [-0.4, -0.2) is 26.6 Å². The molecule has 102 valence electrons. The van der Waals surface area contributed by atoms with Crippen LogP contribution in [0.1, 0.15) is 23.7 Å². The van der Waals surface area contributed by atoms with Crippen LogP contribution in [0, 0.1) is 12.3 Å². The van der Waals surface area contributed by atoms with Crippen molar-refractivity contribution in [2.45, 2.75) is 13.3 Å². The fourth-order valence-corrected chi connectivity index (χ4v) is 2.58. The fraction of sp³-hybridized carbons (Fsp3) is 0.308. The molecular formula is C13H16N2O3S. The van der Waals surface area contributed by atoms with Gasteiger partial charge in [-0.1, -0.05) is 18.9 Å². The molecule has 2 N–H and O–H groups in total. The Hall–Kier alpha value is -2.00. The van der Waals surface area contributed by atoms with Gasteiger partial charge in [-0.3, -0.25) is 9.52 Å². The molecule has 5 nitrogen and oxygen atoms in total. The summed E-state index contributed by atoms with van der Waals surface area (Å²) in [6, 6.07) is 6.25. The Bertz CT molecular complexity index is 588. The summed E-state index contributed by atoms with van der Waals surface area (Å²) in [5.74, 6) is 2.00.